The minimum absolute atomic E-state index is 0.0181. The molecule has 1 amide bonds. The van der Waals surface area contributed by atoms with Gasteiger partial charge in [-0.2, -0.15) is 0 Å². The molecule has 0 spiro atoms. The molecule has 166 valence electrons. The third kappa shape index (κ3) is 3.99. The van der Waals surface area contributed by atoms with Crippen LogP contribution in [0.25, 0.3) is 0 Å². The van der Waals surface area contributed by atoms with Crippen molar-refractivity contribution in [3.05, 3.63) is 61.4 Å². The van der Waals surface area contributed by atoms with Crippen molar-refractivity contribution in [1.29, 1.82) is 0 Å². The number of ketones is 1. The second-order valence-corrected chi connectivity index (χ2v) is 9.05. The summed E-state index contributed by atoms with van der Waals surface area (Å²) in [5.41, 5.74) is 2.14. The van der Waals surface area contributed by atoms with E-state index in [0.717, 1.165) is 5.70 Å². The Morgan fingerprint density at radius 1 is 1.32 bits per heavy atom. The molecule has 1 aromatic rings. The Hall–Kier alpha value is -2.67. The highest BCUT2D eigenvalue weighted by molar-refractivity contribution is 6.32. The third-order valence-electron chi connectivity index (χ3n) is 6.29. The monoisotopic (exact) mass is 445 g/mol. The molecule has 1 atom stereocenters. The molecule has 1 aromatic carbocycles. The molecule has 0 radical (unpaired) electrons. The molecule has 2 aliphatic rings. The molecule has 1 aliphatic carbocycles. The number of benzene rings is 1. The standard InChI is InChI=1S/C23H28ClN3O4/c1-6-26(7-2)22(29)18-13(3)25-16-10-11-23(4,5)21(28)20(16)19(18)14-8-9-15(24)17(12-14)27(30)31/h8-9,12,19,25H,6-7,10-11H2,1-5H3. The Kier molecular flexibility index (Phi) is 6.28. The molecule has 0 aromatic heterocycles. The van der Waals surface area contributed by atoms with Crippen LogP contribution in [0.5, 0.6) is 0 Å². The van der Waals surface area contributed by atoms with Gasteiger partial charge in [0.2, 0.25) is 0 Å². The lowest BCUT2D eigenvalue weighted by atomic mass is 9.67. The molecule has 0 saturated carbocycles. The maximum atomic E-state index is 13.5. The molecule has 1 unspecified atom stereocenters. The SMILES string of the molecule is CCN(CC)C(=O)C1=C(C)NC2=C(C(=O)C(C)(C)CC2)C1c1ccc(Cl)c([N+](=O)[O-])c1. The Balaban J connectivity index is 2.27. The molecule has 0 bridgehead atoms. The number of halogens is 1. The van der Waals surface area contributed by atoms with Crippen LogP contribution < -0.4 is 5.32 Å². The van der Waals surface area contributed by atoms with Gasteiger partial charge in [-0.05, 0) is 45.2 Å². The molecule has 1 aliphatic heterocycles. The van der Waals surface area contributed by atoms with Gasteiger partial charge >= 0.3 is 0 Å². The minimum Gasteiger partial charge on any atom is -0.362 e. The van der Waals surface area contributed by atoms with E-state index in [1.54, 1.807) is 11.0 Å². The average molecular weight is 446 g/mol. The second-order valence-electron chi connectivity index (χ2n) is 8.65. The number of nitro groups is 1. The van der Waals surface area contributed by atoms with E-state index in [-0.39, 0.29) is 22.4 Å². The van der Waals surface area contributed by atoms with Crippen LogP contribution in [0.4, 0.5) is 5.69 Å². The highest BCUT2D eigenvalue weighted by Crippen LogP contribution is 2.47. The fraction of sp³-hybridized carbons (Fsp3) is 0.478. The van der Waals surface area contributed by atoms with Gasteiger partial charge < -0.3 is 10.2 Å². The number of amides is 1. The summed E-state index contributed by atoms with van der Waals surface area (Å²) in [7, 11) is 0. The van der Waals surface area contributed by atoms with Gasteiger partial charge in [-0.25, -0.2) is 0 Å². The number of allylic oxidation sites excluding steroid dienone is 3. The van der Waals surface area contributed by atoms with Crippen molar-refractivity contribution in [3.63, 3.8) is 0 Å². The summed E-state index contributed by atoms with van der Waals surface area (Å²) >= 11 is 6.04. The number of likely N-dealkylation sites (N-methyl/N-ethyl adjacent to an activating group) is 1. The number of Topliss-reactive ketones (excluding diaryl/α,β-unsaturated/α-hetero) is 1. The Labute approximate surface area is 187 Å². The van der Waals surface area contributed by atoms with Gasteiger partial charge in [0, 0.05) is 53.0 Å². The zero-order valence-corrected chi connectivity index (χ0v) is 19.3. The topological polar surface area (TPSA) is 92.6 Å². The van der Waals surface area contributed by atoms with Gasteiger partial charge in [-0.1, -0.05) is 31.5 Å². The van der Waals surface area contributed by atoms with Crippen LogP contribution in [0.15, 0.2) is 40.7 Å². The first-order valence-corrected chi connectivity index (χ1v) is 10.9. The molecule has 31 heavy (non-hydrogen) atoms. The van der Waals surface area contributed by atoms with Crippen LogP contribution in [0.2, 0.25) is 5.02 Å². The predicted octanol–water partition coefficient (Wildman–Crippen LogP) is 4.72. The van der Waals surface area contributed by atoms with Crippen LogP contribution in [0.3, 0.4) is 0 Å². The number of carbonyl (C=O) groups excluding carboxylic acids is 2. The van der Waals surface area contributed by atoms with Gasteiger partial charge in [-0.3, -0.25) is 19.7 Å². The maximum absolute atomic E-state index is 13.5. The molecular formula is C23H28ClN3O4. The van der Waals surface area contributed by atoms with Crippen LogP contribution in [0.1, 0.15) is 58.9 Å². The van der Waals surface area contributed by atoms with Gasteiger partial charge in [0.1, 0.15) is 5.02 Å². The number of dihydropyridines is 1. The Morgan fingerprint density at radius 2 is 1.97 bits per heavy atom. The van der Waals surface area contributed by atoms with Crippen molar-refractivity contribution in [2.24, 2.45) is 5.41 Å². The molecular weight excluding hydrogens is 418 g/mol. The van der Waals surface area contributed by atoms with E-state index in [1.165, 1.54) is 12.1 Å². The van der Waals surface area contributed by atoms with E-state index in [1.807, 2.05) is 34.6 Å². The smallest absolute Gasteiger partial charge is 0.288 e. The summed E-state index contributed by atoms with van der Waals surface area (Å²) in [6.45, 7) is 10.5. The van der Waals surface area contributed by atoms with E-state index in [2.05, 4.69) is 5.32 Å². The van der Waals surface area contributed by atoms with Crippen molar-refractivity contribution in [1.82, 2.24) is 10.2 Å². The van der Waals surface area contributed by atoms with Gasteiger partial charge in [0.15, 0.2) is 5.78 Å². The van der Waals surface area contributed by atoms with E-state index < -0.39 is 16.3 Å². The van der Waals surface area contributed by atoms with Crippen molar-refractivity contribution in [3.8, 4) is 0 Å². The zero-order chi connectivity index (χ0) is 23.1. The number of rotatable bonds is 5. The molecule has 7 nitrogen and oxygen atoms in total. The van der Waals surface area contributed by atoms with Crippen molar-refractivity contribution in [2.75, 3.05) is 13.1 Å². The summed E-state index contributed by atoms with van der Waals surface area (Å²) < 4.78 is 0. The molecule has 1 N–H and O–H groups in total. The average Bonchev–Trinajstić information content (AvgIpc) is 2.71. The van der Waals surface area contributed by atoms with E-state index in [9.17, 15) is 19.7 Å². The molecule has 8 heteroatoms. The van der Waals surface area contributed by atoms with Gasteiger partial charge in [0.05, 0.1) is 4.92 Å². The molecule has 0 saturated heterocycles. The fourth-order valence-electron chi connectivity index (χ4n) is 4.42. The maximum Gasteiger partial charge on any atom is 0.288 e. The first-order valence-electron chi connectivity index (χ1n) is 10.5. The number of hydrogen-bond donors (Lipinski definition) is 1. The van der Waals surface area contributed by atoms with E-state index in [4.69, 9.17) is 11.6 Å². The third-order valence-corrected chi connectivity index (χ3v) is 6.61. The first-order chi connectivity index (χ1) is 14.5. The summed E-state index contributed by atoms with van der Waals surface area (Å²) in [6, 6.07) is 4.53. The molecule has 1 heterocycles. The lowest BCUT2D eigenvalue weighted by Gasteiger charge is -2.40. The zero-order valence-electron chi connectivity index (χ0n) is 18.5. The Morgan fingerprint density at radius 3 is 2.55 bits per heavy atom. The summed E-state index contributed by atoms with van der Waals surface area (Å²) in [5, 5.41) is 14.8. The minimum atomic E-state index is -0.688. The summed E-state index contributed by atoms with van der Waals surface area (Å²) in [5.74, 6) is -0.908. The quantitative estimate of drug-likeness (QED) is 0.522. The number of carbonyl (C=O) groups is 2. The van der Waals surface area contributed by atoms with Gasteiger partial charge in [0.25, 0.3) is 11.6 Å². The number of nitrogens with one attached hydrogen (secondary N) is 1. The summed E-state index contributed by atoms with van der Waals surface area (Å²) in [6.07, 6.45) is 1.36. The van der Waals surface area contributed by atoms with Gasteiger partial charge in [-0.15, -0.1) is 0 Å². The normalized spacial score (nSPS) is 20.3. The number of nitro benzene ring substituents is 1. The second kappa shape index (κ2) is 8.46. The van der Waals surface area contributed by atoms with Crippen LogP contribution in [-0.4, -0.2) is 34.6 Å². The highest BCUT2D eigenvalue weighted by Gasteiger charge is 2.45. The highest BCUT2D eigenvalue weighted by atomic mass is 35.5. The molecule has 3 rings (SSSR count). The van der Waals surface area contributed by atoms with Crippen molar-refractivity contribution >= 4 is 29.0 Å². The largest absolute Gasteiger partial charge is 0.362 e. The van der Waals surface area contributed by atoms with E-state index >= 15 is 0 Å². The fourth-order valence-corrected chi connectivity index (χ4v) is 4.61. The van der Waals surface area contributed by atoms with Crippen molar-refractivity contribution < 1.29 is 14.5 Å². The number of nitrogens with zero attached hydrogens (tertiary/aromatic N) is 2. The predicted molar refractivity (Wildman–Crippen MR) is 120 cm³/mol. The van der Waals surface area contributed by atoms with E-state index in [0.29, 0.717) is 48.3 Å². The Bertz CT molecular complexity index is 1020. The van der Waals surface area contributed by atoms with Crippen LogP contribution in [0, 0.1) is 15.5 Å². The lowest BCUT2D eigenvalue weighted by molar-refractivity contribution is -0.384. The lowest BCUT2D eigenvalue weighted by Crippen LogP contribution is -2.43. The van der Waals surface area contributed by atoms with Crippen molar-refractivity contribution in [2.45, 2.75) is 53.4 Å². The first kappa shape index (κ1) is 23.0. The van der Waals surface area contributed by atoms with Crippen LogP contribution in [-0.2, 0) is 9.59 Å². The summed E-state index contributed by atoms with van der Waals surface area (Å²) in [4.78, 5) is 39.7. The number of hydrogen-bond acceptors (Lipinski definition) is 5. The van der Waals surface area contributed by atoms with Crippen LogP contribution >= 0.6 is 11.6 Å². The molecule has 0 fully saturated rings.